The molecule has 1 aromatic rings. The molecule has 112 valence electrons. The highest BCUT2D eigenvalue weighted by molar-refractivity contribution is 7.89. The van der Waals surface area contributed by atoms with Crippen LogP contribution in [0.4, 0.5) is 0 Å². The van der Waals surface area contributed by atoms with Crippen molar-refractivity contribution in [2.75, 3.05) is 13.1 Å². The number of ketones is 1. The van der Waals surface area contributed by atoms with E-state index in [4.69, 9.17) is 0 Å². The van der Waals surface area contributed by atoms with Crippen molar-refractivity contribution in [2.24, 2.45) is 5.92 Å². The van der Waals surface area contributed by atoms with Crippen LogP contribution in [0.25, 0.3) is 0 Å². The molecule has 0 radical (unpaired) electrons. The molecule has 0 aromatic heterocycles. The Balaban J connectivity index is 2.33. The summed E-state index contributed by atoms with van der Waals surface area (Å²) in [5.74, 6) is -0.288. The van der Waals surface area contributed by atoms with E-state index in [0.29, 0.717) is 5.57 Å². The second-order valence-corrected chi connectivity index (χ2v) is 7.13. The predicted octanol–water partition coefficient (Wildman–Crippen LogP) is 2.32. The van der Waals surface area contributed by atoms with Crippen molar-refractivity contribution in [3.8, 4) is 0 Å². The molecule has 0 aliphatic carbocycles. The molecule has 2 rings (SSSR count). The van der Waals surface area contributed by atoms with Crippen LogP contribution in [0.2, 0.25) is 0 Å². The van der Waals surface area contributed by atoms with Crippen molar-refractivity contribution in [2.45, 2.75) is 18.7 Å². The largest absolute Gasteiger partial charge is 0.295 e. The number of sulfonamides is 1. The first-order valence-electron chi connectivity index (χ1n) is 6.76. The lowest BCUT2D eigenvalue weighted by atomic mass is 9.93. The van der Waals surface area contributed by atoms with E-state index in [1.807, 2.05) is 6.92 Å². The third-order valence-corrected chi connectivity index (χ3v) is 5.51. The van der Waals surface area contributed by atoms with E-state index in [2.05, 4.69) is 6.58 Å². The summed E-state index contributed by atoms with van der Waals surface area (Å²) in [6.45, 7) is 7.58. The average Bonchev–Trinajstić information content (AvgIpc) is 2.46. The first kappa shape index (κ1) is 15.7. The molecule has 0 amide bonds. The van der Waals surface area contributed by atoms with Gasteiger partial charge in [-0.15, -0.1) is 6.58 Å². The Bertz CT molecular complexity index is 687. The van der Waals surface area contributed by atoms with Gasteiger partial charge < -0.3 is 0 Å². The number of carbonyl (C=O) groups excluding carboxylic acids is 1. The summed E-state index contributed by atoms with van der Waals surface area (Å²) >= 11 is 0. The molecule has 21 heavy (non-hydrogen) atoms. The minimum Gasteiger partial charge on any atom is -0.295 e. The quantitative estimate of drug-likeness (QED) is 0.802. The monoisotopic (exact) mass is 305 g/mol. The van der Waals surface area contributed by atoms with Crippen LogP contribution in [0.5, 0.6) is 0 Å². The zero-order valence-corrected chi connectivity index (χ0v) is 13.1. The standard InChI is InChI=1S/C16H19NO3S/c1-4-14-11-17(10-9-16(14)13(3)18)21(19,20)15-7-5-12(2)6-8-15/h4-9,14H,1,10-11H2,2-3H3. The minimum absolute atomic E-state index is 0.0349. The molecule has 1 unspecified atom stereocenters. The van der Waals surface area contributed by atoms with E-state index in [0.717, 1.165) is 5.56 Å². The van der Waals surface area contributed by atoms with E-state index >= 15 is 0 Å². The van der Waals surface area contributed by atoms with Gasteiger partial charge in [-0.1, -0.05) is 29.8 Å². The molecule has 0 fully saturated rings. The third-order valence-electron chi connectivity index (χ3n) is 3.66. The van der Waals surface area contributed by atoms with Gasteiger partial charge in [-0.05, 0) is 26.0 Å². The van der Waals surface area contributed by atoms with E-state index < -0.39 is 10.0 Å². The number of rotatable bonds is 4. The normalized spacial score (nSPS) is 19.9. The molecular weight excluding hydrogens is 286 g/mol. The lowest BCUT2D eigenvalue weighted by Gasteiger charge is -2.29. The summed E-state index contributed by atoms with van der Waals surface area (Å²) in [4.78, 5) is 11.8. The van der Waals surface area contributed by atoms with Crippen LogP contribution in [0.1, 0.15) is 12.5 Å². The second kappa shape index (κ2) is 5.95. The summed E-state index contributed by atoms with van der Waals surface area (Å²) in [6.07, 6.45) is 3.31. The number of aryl methyl sites for hydroxylation is 1. The number of nitrogens with zero attached hydrogens (tertiary/aromatic N) is 1. The predicted molar refractivity (Wildman–Crippen MR) is 82.4 cm³/mol. The molecule has 1 aromatic carbocycles. The van der Waals surface area contributed by atoms with E-state index in [1.54, 1.807) is 36.4 Å². The summed E-state index contributed by atoms with van der Waals surface area (Å²) in [7, 11) is -3.54. The minimum atomic E-state index is -3.54. The Labute approximate surface area is 125 Å². The maximum absolute atomic E-state index is 12.6. The number of benzene rings is 1. The van der Waals surface area contributed by atoms with Gasteiger partial charge in [-0.25, -0.2) is 8.42 Å². The van der Waals surface area contributed by atoms with Crippen LogP contribution in [0, 0.1) is 12.8 Å². The maximum atomic E-state index is 12.6. The van der Waals surface area contributed by atoms with Gasteiger partial charge in [0.25, 0.3) is 0 Å². The summed E-state index contributed by atoms with van der Waals surface area (Å²) < 4.78 is 26.6. The number of hydrogen-bond acceptors (Lipinski definition) is 3. The summed E-state index contributed by atoms with van der Waals surface area (Å²) in [6, 6.07) is 6.77. The number of carbonyl (C=O) groups is 1. The molecule has 4 nitrogen and oxygen atoms in total. The average molecular weight is 305 g/mol. The van der Waals surface area contributed by atoms with E-state index in [1.165, 1.54) is 11.2 Å². The van der Waals surface area contributed by atoms with Crippen molar-refractivity contribution in [3.05, 3.63) is 54.1 Å². The van der Waals surface area contributed by atoms with Gasteiger partial charge in [0.1, 0.15) is 0 Å². The molecule has 0 bridgehead atoms. The van der Waals surface area contributed by atoms with Crippen molar-refractivity contribution in [3.63, 3.8) is 0 Å². The van der Waals surface area contributed by atoms with Crippen molar-refractivity contribution in [1.82, 2.24) is 4.31 Å². The van der Waals surface area contributed by atoms with Gasteiger partial charge >= 0.3 is 0 Å². The van der Waals surface area contributed by atoms with Crippen molar-refractivity contribution in [1.29, 1.82) is 0 Å². The van der Waals surface area contributed by atoms with Crippen LogP contribution in [0.15, 0.2) is 53.5 Å². The fraction of sp³-hybridized carbons (Fsp3) is 0.312. The molecule has 1 heterocycles. The Morgan fingerprint density at radius 2 is 1.95 bits per heavy atom. The van der Waals surface area contributed by atoms with Gasteiger partial charge in [-0.2, -0.15) is 4.31 Å². The van der Waals surface area contributed by atoms with E-state index in [9.17, 15) is 13.2 Å². The second-order valence-electron chi connectivity index (χ2n) is 5.19. The fourth-order valence-corrected chi connectivity index (χ4v) is 3.81. The Morgan fingerprint density at radius 1 is 1.33 bits per heavy atom. The van der Waals surface area contributed by atoms with Crippen LogP contribution in [-0.2, 0) is 14.8 Å². The lowest BCUT2D eigenvalue weighted by molar-refractivity contribution is -0.114. The molecule has 1 aliphatic rings. The highest BCUT2D eigenvalue weighted by Gasteiger charge is 2.31. The first-order valence-corrected chi connectivity index (χ1v) is 8.20. The Kier molecular flexibility index (Phi) is 4.44. The lowest BCUT2D eigenvalue weighted by Crippen LogP contribution is -2.39. The van der Waals surface area contributed by atoms with Crippen LogP contribution < -0.4 is 0 Å². The molecule has 5 heteroatoms. The van der Waals surface area contributed by atoms with Gasteiger partial charge in [0.2, 0.25) is 10.0 Å². The van der Waals surface area contributed by atoms with Gasteiger partial charge in [-0.3, -0.25) is 4.79 Å². The fourth-order valence-electron chi connectivity index (χ4n) is 2.41. The van der Waals surface area contributed by atoms with E-state index in [-0.39, 0.29) is 29.7 Å². The Morgan fingerprint density at radius 3 is 2.48 bits per heavy atom. The highest BCUT2D eigenvalue weighted by Crippen LogP contribution is 2.25. The maximum Gasteiger partial charge on any atom is 0.243 e. The third kappa shape index (κ3) is 3.14. The van der Waals surface area contributed by atoms with Crippen molar-refractivity contribution >= 4 is 15.8 Å². The zero-order chi connectivity index (χ0) is 15.6. The molecule has 0 saturated heterocycles. The molecular formula is C16H19NO3S. The molecule has 1 atom stereocenters. The molecule has 0 spiro atoms. The Hall–Kier alpha value is -1.72. The smallest absolute Gasteiger partial charge is 0.243 e. The van der Waals surface area contributed by atoms with Gasteiger partial charge in [0, 0.05) is 24.6 Å². The number of Topliss-reactive ketones (excluding diaryl/α,β-unsaturated/α-hetero) is 1. The van der Waals surface area contributed by atoms with Crippen LogP contribution in [-0.4, -0.2) is 31.6 Å². The topological polar surface area (TPSA) is 54.5 Å². The van der Waals surface area contributed by atoms with Gasteiger partial charge in [0.15, 0.2) is 5.78 Å². The van der Waals surface area contributed by atoms with Gasteiger partial charge in [0.05, 0.1) is 4.90 Å². The SMILES string of the molecule is C=CC1CN(S(=O)(=O)c2ccc(C)cc2)CC=C1C(C)=O. The summed E-state index contributed by atoms with van der Waals surface area (Å²) in [5, 5.41) is 0. The van der Waals surface area contributed by atoms with Crippen molar-refractivity contribution < 1.29 is 13.2 Å². The van der Waals surface area contributed by atoms with Crippen LogP contribution >= 0.6 is 0 Å². The molecule has 1 aliphatic heterocycles. The van der Waals surface area contributed by atoms with Crippen LogP contribution in [0.3, 0.4) is 0 Å². The first-order chi connectivity index (χ1) is 9.86. The molecule has 0 saturated carbocycles. The summed E-state index contributed by atoms with van der Waals surface area (Å²) in [5.41, 5.74) is 1.65. The number of hydrogen-bond donors (Lipinski definition) is 0. The zero-order valence-electron chi connectivity index (χ0n) is 12.2. The highest BCUT2D eigenvalue weighted by atomic mass is 32.2. The molecule has 0 N–H and O–H groups in total.